The number of rotatable bonds is 11. The quantitative estimate of drug-likeness (QED) is 0.564. The van der Waals surface area contributed by atoms with E-state index in [1.54, 1.807) is 0 Å². The van der Waals surface area contributed by atoms with Gasteiger partial charge in [0.1, 0.15) is 0 Å². The van der Waals surface area contributed by atoms with Gasteiger partial charge in [0.15, 0.2) is 0 Å². The number of likely N-dealkylation sites (N-methyl/N-ethyl adjacent to an activating group) is 1. The molecule has 2 heteroatoms. The van der Waals surface area contributed by atoms with Crippen molar-refractivity contribution < 1.29 is 0 Å². The summed E-state index contributed by atoms with van der Waals surface area (Å²) in [6.45, 7) is 6.14. The summed E-state index contributed by atoms with van der Waals surface area (Å²) >= 11 is 0. The van der Waals surface area contributed by atoms with Crippen LogP contribution in [0.4, 0.5) is 0 Å². The summed E-state index contributed by atoms with van der Waals surface area (Å²) in [5.74, 6) is 0. The first kappa shape index (κ1) is 16.0. The number of hydrogen-bond acceptors (Lipinski definition) is 2. The molecule has 1 unspecified atom stereocenters. The second kappa shape index (κ2) is 10.8. The van der Waals surface area contributed by atoms with E-state index in [1.165, 1.54) is 83.8 Å². The Balaban J connectivity index is 1.91. The molecule has 1 aliphatic rings. The summed E-state index contributed by atoms with van der Waals surface area (Å²) in [5.41, 5.74) is 0. The van der Waals surface area contributed by atoms with Gasteiger partial charge in [-0.15, -0.1) is 0 Å². The first-order valence-electron chi connectivity index (χ1n) is 8.27. The van der Waals surface area contributed by atoms with E-state index in [9.17, 15) is 0 Å². The maximum absolute atomic E-state index is 3.33. The van der Waals surface area contributed by atoms with Gasteiger partial charge in [0, 0.05) is 12.6 Å². The highest BCUT2D eigenvalue weighted by molar-refractivity contribution is 4.80. The summed E-state index contributed by atoms with van der Waals surface area (Å²) in [5, 5.41) is 3.33. The number of nitrogens with zero attached hydrogens (tertiary/aromatic N) is 1. The predicted molar refractivity (Wildman–Crippen MR) is 81.1 cm³/mol. The van der Waals surface area contributed by atoms with Crippen LogP contribution in [0.3, 0.4) is 0 Å². The van der Waals surface area contributed by atoms with Gasteiger partial charge >= 0.3 is 0 Å². The normalized spacial score (nSPS) is 20.7. The van der Waals surface area contributed by atoms with E-state index in [2.05, 4.69) is 24.2 Å². The van der Waals surface area contributed by atoms with Gasteiger partial charge in [-0.05, 0) is 39.4 Å². The van der Waals surface area contributed by atoms with E-state index in [0.717, 1.165) is 6.04 Å². The highest BCUT2D eigenvalue weighted by atomic mass is 15.2. The zero-order chi connectivity index (χ0) is 13.1. The van der Waals surface area contributed by atoms with Crippen molar-refractivity contribution in [3.05, 3.63) is 0 Å². The predicted octanol–water partition coefficient (Wildman–Crippen LogP) is 3.81. The van der Waals surface area contributed by atoms with Crippen LogP contribution in [-0.4, -0.2) is 37.6 Å². The van der Waals surface area contributed by atoms with Crippen molar-refractivity contribution in [3.8, 4) is 0 Å². The van der Waals surface area contributed by atoms with Crippen molar-refractivity contribution in [3.63, 3.8) is 0 Å². The van der Waals surface area contributed by atoms with Crippen LogP contribution in [0.5, 0.6) is 0 Å². The van der Waals surface area contributed by atoms with Gasteiger partial charge in [-0.3, -0.25) is 4.90 Å². The molecule has 0 bridgehead atoms. The van der Waals surface area contributed by atoms with Gasteiger partial charge < -0.3 is 5.32 Å². The third-order valence-electron chi connectivity index (χ3n) is 4.24. The summed E-state index contributed by atoms with van der Waals surface area (Å²) < 4.78 is 0. The molecule has 1 saturated heterocycles. The molecule has 0 aliphatic carbocycles. The standard InChI is InChI=1S/C16H34N2/c1-3-4-5-6-7-8-9-10-13-18-14-11-12-16(18)15-17-2/h16-17H,3-15H2,1-2H3. The van der Waals surface area contributed by atoms with Crippen molar-refractivity contribution >= 4 is 0 Å². The maximum atomic E-state index is 3.33. The van der Waals surface area contributed by atoms with E-state index < -0.39 is 0 Å². The molecule has 1 rings (SSSR count). The largest absolute Gasteiger partial charge is 0.318 e. The minimum atomic E-state index is 0.819. The fourth-order valence-corrected chi connectivity index (χ4v) is 3.11. The molecule has 0 aromatic carbocycles. The maximum Gasteiger partial charge on any atom is 0.0220 e. The lowest BCUT2D eigenvalue weighted by molar-refractivity contribution is 0.244. The van der Waals surface area contributed by atoms with Crippen LogP contribution in [0.25, 0.3) is 0 Å². The lowest BCUT2D eigenvalue weighted by Crippen LogP contribution is -2.37. The van der Waals surface area contributed by atoms with E-state index in [-0.39, 0.29) is 0 Å². The number of nitrogens with one attached hydrogen (secondary N) is 1. The molecule has 0 aromatic heterocycles. The van der Waals surface area contributed by atoms with Gasteiger partial charge in [0.2, 0.25) is 0 Å². The number of hydrogen-bond donors (Lipinski definition) is 1. The Kier molecular flexibility index (Phi) is 9.59. The van der Waals surface area contributed by atoms with E-state index in [4.69, 9.17) is 0 Å². The minimum Gasteiger partial charge on any atom is -0.318 e. The fourth-order valence-electron chi connectivity index (χ4n) is 3.11. The van der Waals surface area contributed by atoms with E-state index in [0.29, 0.717) is 0 Å². The van der Waals surface area contributed by atoms with Gasteiger partial charge in [0.05, 0.1) is 0 Å². The van der Waals surface area contributed by atoms with Crippen LogP contribution in [0.2, 0.25) is 0 Å². The van der Waals surface area contributed by atoms with Crippen LogP contribution < -0.4 is 5.32 Å². The van der Waals surface area contributed by atoms with E-state index in [1.807, 2.05) is 0 Å². The smallest absolute Gasteiger partial charge is 0.0220 e. The summed E-state index contributed by atoms with van der Waals surface area (Å²) in [7, 11) is 2.08. The van der Waals surface area contributed by atoms with Gasteiger partial charge in [-0.1, -0.05) is 51.9 Å². The third kappa shape index (κ3) is 6.75. The highest BCUT2D eigenvalue weighted by Gasteiger charge is 2.22. The second-order valence-corrected chi connectivity index (χ2v) is 5.86. The van der Waals surface area contributed by atoms with Crippen molar-refractivity contribution in [2.75, 3.05) is 26.7 Å². The molecule has 1 heterocycles. The average molecular weight is 254 g/mol. The zero-order valence-electron chi connectivity index (χ0n) is 12.7. The van der Waals surface area contributed by atoms with Crippen molar-refractivity contribution in [2.45, 2.75) is 77.2 Å². The molecule has 1 fully saturated rings. The Bertz CT molecular complexity index is 182. The van der Waals surface area contributed by atoms with Crippen molar-refractivity contribution in [2.24, 2.45) is 0 Å². The Hall–Kier alpha value is -0.0800. The van der Waals surface area contributed by atoms with Crippen LogP contribution >= 0.6 is 0 Å². The molecule has 0 radical (unpaired) electrons. The molecule has 18 heavy (non-hydrogen) atoms. The van der Waals surface area contributed by atoms with Gasteiger partial charge in [-0.25, -0.2) is 0 Å². The molecule has 1 N–H and O–H groups in total. The SMILES string of the molecule is CCCCCCCCCCN1CCCC1CNC. The molecule has 0 amide bonds. The molecular weight excluding hydrogens is 220 g/mol. The molecule has 2 nitrogen and oxygen atoms in total. The Morgan fingerprint density at radius 1 is 1.00 bits per heavy atom. The number of unbranched alkanes of at least 4 members (excludes halogenated alkanes) is 7. The zero-order valence-corrected chi connectivity index (χ0v) is 12.7. The first-order valence-corrected chi connectivity index (χ1v) is 8.27. The summed E-state index contributed by atoms with van der Waals surface area (Å²) in [6.07, 6.45) is 14.3. The van der Waals surface area contributed by atoms with E-state index >= 15 is 0 Å². The average Bonchev–Trinajstić information content (AvgIpc) is 2.81. The topological polar surface area (TPSA) is 15.3 Å². The fraction of sp³-hybridized carbons (Fsp3) is 1.00. The molecule has 0 aromatic rings. The molecule has 108 valence electrons. The highest BCUT2D eigenvalue weighted by Crippen LogP contribution is 2.17. The Morgan fingerprint density at radius 3 is 2.33 bits per heavy atom. The Morgan fingerprint density at radius 2 is 1.67 bits per heavy atom. The van der Waals surface area contributed by atoms with Crippen LogP contribution in [0.1, 0.15) is 71.1 Å². The monoisotopic (exact) mass is 254 g/mol. The van der Waals surface area contributed by atoms with Crippen LogP contribution in [0.15, 0.2) is 0 Å². The summed E-state index contributed by atoms with van der Waals surface area (Å²) in [4.78, 5) is 2.70. The summed E-state index contributed by atoms with van der Waals surface area (Å²) in [6, 6.07) is 0.819. The second-order valence-electron chi connectivity index (χ2n) is 5.86. The van der Waals surface area contributed by atoms with Gasteiger partial charge in [0.25, 0.3) is 0 Å². The van der Waals surface area contributed by atoms with Gasteiger partial charge in [-0.2, -0.15) is 0 Å². The first-order chi connectivity index (χ1) is 8.88. The Labute approximate surface area is 115 Å². The van der Waals surface area contributed by atoms with Crippen LogP contribution in [0, 0.1) is 0 Å². The number of likely N-dealkylation sites (tertiary alicyclic amines) is 1. The molecule has 0 spiro atoms. The lowest BCUT2D eigenvalue weighted by atomic mass is 10.1. The molecule has 1 atom stereocenters. The molecule has 1 aliphatic heterocycles. The van der Waals surface area contributed by atoms with Crippen molar-refractivity contribution in [1.29, 1.82) is 0 Å². The minimum absolute atomic E-state index is 0.819. The molecule has 0 saturated carbocycles. The van der Waals surface area contributed by atoms with Crippen molar-refractivity contribution in [1.82, 2.24) is 10.2 Å². The third-order valence-corrected chi connectivity index (χ3v) is 4.24. The lowest BCUT2D eigenvalue weighted by Gasteiger charge is -2.24. The van der Waals surface area contributed by atoms with Crippen LogP contribution in [-0.2, 0) is 0 Å². The molecular formula is C16H34N2.